The number of aromatic nitrogens is 2. The van der Waals surface area contributed by atoms with Gasteiger partial charge in [0, 0.05) is 30.3 Å². The van der Waals surface area contributed by atoms with E-state index in [2.05, 4.69) is 21.5 Å². The number of hydrogen-bond donors (Lipinski definition) is 1. The summed E-state index contributed by atoms with van der Waals surface area (Å²) in [4.78, 5) is 14.7. The predicted molar refractivity (Wildman–Crippen MR) is 130 cm³/mol. The number of aliphatic hydroxyl groups excluding tert-OH is 1. The van der Waals surface area contributed by atoms with Gasteiger partial charge in [-0.05, 0) is 43.7 Å². The standard InChI is InChI=1S/C26H26F2N4O2/c1-4-7-29-24(16(2)3)26(33)17-5-6-20(27)18(12-17)25-19-13-21(28)23(14-22(19)30-15-31-25)32-8-10-34-11-9-32/h4-7,12-15,26,33H,1,8-11H2,2-3H3. The minimum absolute atomic E-state index is 0.142. The fourth-order valence-corrected chi connectivity index (χ4v) is 3.99. The summed E-state index contributed by atoms with van der Waals surface area (Å²) < 4.78 is 35.4. The Morgan fingerprint density at radius 2 is 1.91 bits per heavy atom. The number of aliphatic hydroxyl groups is 1. The molecule has 3 aromatic rings. The van der Waals surface area contributed by atoms with Gasteiger partial charge < -0.3 is 14.7 Å². The monoisotopic (exact) mass is 464 g/mol. The predicted octanol–water partition coefficient (Wildman–Crippen LogP) is 5.00. The van der Waals surface area contributed by atoms with Gasteiger partial charge in [0.05, 0.1) is 35.8 Å². The van der Waals surface area contributed by atoms with E-state index in [0.717, 1.165) is 5.57 Å². The number of benzene rings is 2. The van der Waals surface area contributed by atoms with Crippen LogP contribution in [-0.4, -0.2) is 47.6 Å². The Bertz CT molecular complexity index is 1280. The number of aliphatic imine (C=N–C) groups is 1. The molecule has 1 aliphatic heterocycles. The average molecular weight is 465 g/mol. The molecule has 0 radical (unpaired) electrons. The third-order valence-corrected chi connectivity index (χ3v) is 5.71. The molecule has 1 atom stereocenters. The summed E-state index contributed by atoms with van der Waals surface area (Å²) >= 11 is 0. The molecule has 6 nitrogen and oxygen atoms in total. The molecule has 1 fully saturated rings. The van der Waals surface area contributed by atoms with Gasteiger partial charge in [-0.3, -0.25) is 4.99 Å². The Hall–Kier alpha value is -3.49. The minimum atomic E-state index is -1.08. The summed E-state index contributed by atoms with van der Waals surface area (Å²) in [6.45, 7) is 9.47. The van der Waals surface area contributed by atoms with Crippen molar-refractivity contribution < 1.29 is 18.6 Å². The number of morpholine rings is 1. The van der Waals surface area contributed by atoms with E-state index < -0.39 is 17.7 Å². The molecular formula is C26H26F2N4O2. The largest absolute Gasteiger partial charge is 0.382 e. The number of nitrogens with zero attached hydrogens (tertiary/aromatic N) is 4. The quantitative estimate of drug-likeness (QED) is 0.520. The van der Waals surface area contributed by atoms with Gasteiger partial charge in [-0.2, -0.15) is 0 Å². The summed E-state index contributed by atoms with van der Waals surface area (Å²) in [5.41, 5.74) is 3.00. The SMILES string of the molecule is C=CC=NC(=C(C)C)C(O)c1ccc(F)c(-c2ncnc3cc(N4CCOCC4)c(F)cc23)c1. The molecule has 0 saturated carbocycles. The molecular weight excluding hydrogens is 438 g/mol. The Kier molecular flexibility index (Phi) is 7.09. The minimum Gasteiger partial charge on any atom is -0.382 e. The highest BCUT2D eigenvalue weighted by Crippen LogP contribution is 2.34. The maximum Gasteiger partial charge on any atom is 0.147 e. The van der Waals surface area contributed by atoms with E-state index in [0.29, 0.717) is 54.2 Å². The Labute approximate surface area is 196 Å². The third kappa shape index (κ3) is 4.73. The van der Waals surface area contributed by atoms with Crippen LogP contribution in [0.15, 0.2) is 65.6 Å². The normalized spacial score (nSPS) is 15.0. The Morgan fingerprint density at radius 3 is 2.62 bits per heavy atom. The number of anilines is 1. The molecule has 1 aromatic heterocycles. The molecule has 1 aliphatic rings. The molecule has 4 rings (SSSR count). The maximum atomic E-state index is 15.1. The van der Waals surface area contributed by atoms with Gasteiger partial charge in [0.1, 0.15) is 24.1 Å². The van der Waals surface area contributed by atoms with Crippen LogP contribution in [-0.2, 0) is 4.74 Å². The van der Waals surface area contributed by atoms with Gasteiger partial charge in [0.15, 0.2) is 0 Å². The van der Waals surface area contributed by atoms with Gasteiger partial charge in [-0.25, -0.2) is 18.7 Å². The lowest BCUT2D eigenvalue weighted by Gasteiger charge is -2.29. The summed E-state index contributed by atoms with van der Waals surface area (Å²) in [5, 5.41) is 11.3. The fourth-order valence-electron chi connectivity index (χ4n) is 3.99. The van der Waals surface area contributed by atoms with Crippen molar-refractivity contribution in [2.75, 3.05) is 31.2 Å². The number of halogens is 2. The second kappa shape index (κ2) is 10.2. The highest BCUT2D eigenvalue weighted by Gasteiger charge is 2.21. The van der Waals surface area contributed by atoms with Gasteiger partial charge in [0.25, 0.3) is 0 Å². The molecule has 0 bridgehead atoms. The molecule has 1 saturated heterocycles. The molecule has 176 valence electrons. The van der Waals surface area contributed by atoms with Gasteiger partial charge in [-0.1, -0.05) is 24.3 Å². The molecule has 0 spiro atoms. The number of ether oxygens (including phenoxy) is 1. The molecule has 0 aliphatic carbocycles. The second-order valence-corrected chi connectivity index (χ2v) is 8.18. The smallest absolute Gasteiger partial charge is 0.147 e. The van der Waals surface area contributed by atoms with Crippen molar-refractivity contribution in [3.8, 4) is 11.3 Å². The first-order valence-corrected chi connectivity index (χ1v) is 11.0. The van der Waals surface area contributed by atoms with Crippen LogP contribution >= 0.6 is 0 Å². The van der Waals surface area contributed by atoms with Crippen molar-refractivity contribution in [1.82, 2.24) is 9.97 Å². The van der Waals surface area contributed by atoms with Crippen molar-refractivity contribution in [3.05, 3.63) is 77.8 Å². The highest BCUT2D eigenvalue weighted by atomic mass is 19.1. The lowest BCUT2D eigenvalue weighted by molar-refractivity contribution is 0.122. The summed E-state index contributed by atoms with van der Waals surface area (Å²) in [6.07, 6.45) is 3.25. The van der Waals surface area contributed by atoms with Crippen molar-refractivity contribution in [2.24, 2.45) is 4.99 Å². The molecule has 2 heterocycles. The van der Waals surface area contributed by atoms with E-state index in [1.54, 1.807) is 6.07 Å². The van der Waals surface area contributed by atoms with Crippen LogP contribution < -0.4 is 4.90 Å². The summed E-state index contributed by atoms with van der Waals surface area (Å²) in [6, 6.07) is 7.27. The maximum absolute atomic E-state index is 15.1. The van der Waals surface area contributed by atoms with E-state index in [1.165, 1.54) is 42.9 Å². The van der Waals surface area contributed by atoms with E-state index in [9.17, 15) is 9.50 Å². The molecule has 2 aromatic carbocycles. The van der Waals surface area contributed by atoms with Crippen LogP contribution in [0.4, 0.5) is 14.5 Å². The van der Waals surface area contributed by atoms with Crippen LogP contribution in [0, 0.1) is 11.6 Å². The first-order valence-electron chi connectivity index (χ1n) is 11.0. The number of fused-ring (bicyclic) bond motifs is 1. The average Bonchev–Trinajstić information content (AvgIpc) is 2.84. The van der Waals surface area contributed by atoms with Crippen molar-refractivity contribution in [3.63, 3.8) is 0 Å². The second-order valence-electron chi connectivity index (χ2n) is 8.18. The van der Waals surface area contributed by atoms with E-state index in [1.807, 2.05) is 18.7 Å². The number of hydrogen-bond acceptors (Lipinski definition) is 6. The van der Waals surface area contributed by atoms with E-state index in [4.69, 9.17) is 4.74 Å². The van der Waals surface area contributed by atoms with Crippen molar-refractivity contribution >= 4 is 22.8 Å². The molecule has 1 N–H and O–H groups in total. The number of allylic oxidation sites excluding steroid dienone is 2. The Balaban J connectivity index is 1.80. The Morgan fingerprint density at radius 1 is 1.15 bits per heavy atom. The van der Waals surface area contributed by atoms with E-state index in [-0.39, 0.29) is 11.3 Å². The van der Waals surface area contributed by atoms with Gasteiger partial charge in [0.2, 0.25) is 0 Å². The molecule has 0 amide bonds. The third-order valence-electron chi connectivity index (χ3n) is 5.71. The van der Waals surface area contributed by atoms with Crippen LogP contribution in [0.1, 0.15) is 25.5 Å². The van der Waals surface area contributed by atoms with E-state index >= 15 is 4.39 Å². The first kappa shape index (κ1) is 23.7. The summed E-state index contributed by atoms with van der Waals surface area (Å²) in [5.74, 6) is -0.977. The van der Waals surface area contributed by atoms with Crippen LogP contribution in [0.5, 0.6) is 0 Å². The zero-order valence-electron chi connectivity index (χ0n) is 19.1. The van der Waals surface area contributed by atoms with Gasteiger partial charge >= 0.3 is 0 Å². The lowest BCUT2D eigenvalue weighted by atomic mass is 9.98. The molecule has 34 heavy (non-hydrogen) atoms. The summed E-state index contributed by atoms with van der Waals surface area (Å²) in [7, 11) is 0. The van der Waals surface area contributed by atoms with Gasteiger partial charge in [-0.15, -0.1) is 0 Å². The number of rotatable bonds is 6. The zero-order chi connectivity index (χ0) is 24.2. The zero-order valence-corrected chi connectivity index (χ0v) is 19.1. The first-order chi connectivity index (χ1) is 16.4. The van der Waals surface area contributed by atoms with Crippen LogP contribution in [0.3, 0.4) is 0 Å². The van der Waals surface area contributed by atoms with Crippen molar-refractivity contribution in [1.29, 1.82) is 0 Å². The molecule has 1 unspecified atom stereocenters. The lowest BCUT2D eigenvalue weighted by Crippen LogP contribution is -2.36. The molecule has 8 heteroatoms. The topological polar surface area (TPSA) is 70.8 Å². The van der Waals surface area contributed by atoms with Crippen LogP contribution in [0.25, 0.3) is 22.2 Å². The van der Waals surface area contributed by atoms with Crippen molar-refractivity contribution in [2.45, 2.75) is 20.0 Å². The fraction of sp³-hybridized carbons (Fsp3) is 0.269. The van der Waals surface area contributed by atoms with Crippen LogP contribution in [0.2, 0.25) is 0 Å². The highest BCUT2D eigenvalue weighted by molar-refractivity contribution is 5.94.